The van der Waals surface area contributed by atoms with Crippen molar-refractivity contribution in [2.45, 2.75) is 25.3 Å². The Balaban J connectivity index is 1.32. The van der Waals surface area contributed by atoms with E-state index in [1.54, 1.807) is 12.5 Å². The van der Waals surface area contributed by atoms with Crippen LogP contribution in [0, 0.1) is 0 Å². The lowest BCUT2D eigenvalue weighted by atomic mass is 9.93. The molecule has 1 amide bonds. The predicted octanol–water partition coefficient (Wildman–Crippen LogP) is 5.67. The van der Waals surface area contributed by atoms with Crippen LogP contribution in [0.3, 0.4) is 0 Å². The van der Waals surface area contributed by atoms with E-state index in [1.165, 1.54) is 0 Å². The first-order chi connectivity index (χ1) is 16.2. The third-order valence-electron chi connectivity index (χ3n) is 6.12. The van der Waals surface area contributed by atoms with Crippen LogP contribution in [0.5, 0.6) is 0 Å². The lowest BCUT2D eigenvalue weighted by molar-refractivity contribution is 0.0706. The lowest BCUT2D eigenvalue weighted by Gasteiger charge is -2.33. The van der Waals surface area contributed by atoms with Crippen molar-refractivity contribution in [1.29, 1.82) is 0 Å². The highest BCUT2D eigenvalue weighted by molar-refractivity contribution is 6.30. The number of carbonyl (C=O) groups excluding carboxylic acids is 1. The number of likely N-dealkylation sites (tertiary alicyclic amines) is 1. The van der Waals surface area contributed by atoms with Gasteiger partial charge in [-0.15, -0.1) is 0 Å². The van der Waals surface area contributed by atoms with Crippen molar-refractivity contribution >= 4 is 17.5 Å². The molecule has 166 valence electrons. The van der Waals surface area contributed by atoms with Crippen molar-refractivity contribution in [2.75, 3.05) is 13.1 Å². The molecule has 0 spiro atoms. The lowest BCUT2D eigenvalue weighted by Crippen LogP contribution is -2.39. The second kappa shape index (κ2) is 9.59. The first-order valence-corrected chi connectivity index (χ1v) is 11.6. The van der Waals surface area contributed by atoms with Crippen LogP contribution in [0.25, 0.3) is 11.3 Å². The third kappa shape index (κ3) is 4.99. The summed E-state index contributed by atoms with van der Waals surface area (Å²) in [5.41, 5.74) is 4.75. The number of amides is 1. The number of carbonyl (C=O) groups is 1. The van der Waals surface area contributed by atoms with Crippen LogP contribution >= 0.6 is 11.6 Å². The number of hydrogen-bond acceptors (Lipinski definition) is 3. The number of hydrogen-bond donors (Lipinski definition) is 0. The number of imidazole rings is 1. The van der Waals surface area contributed by atoms with Gasteiger partial charge in [0.2, 0.25) is 0 Å². The number of halogens is 1. The maximum Gasteiger partial charge on any atom is 0.253 e. The van der Waals surface area contributed by atoms with Gasteiger partial charge in [-0.2, -0.15) is 0 Å². The Morgan fingerprint density at radius 2 is 1.94 bits per heavy atom. The van der Waals surface area contributed by atoms with Crippen LogP contribution in [0.4, 0.5) is 0 Å². The summed E-state index contributed by atoms with van der Waals surface area (Å²) >= 11 is 6.17. The zero-order valence-electron chi connectivity index (χ0n) is 18.3. The molecule has 0 bridgehead atoms. The fraction of sp³-hybridized carbons (Fsp3) is 0.222. The average Bonchev–Trinajstić information content (AvgIpc) is 3.37. The summed E-state index contributed by atoms with van der Waals surface area (Å²) in [4.78, 5) is 24.3. The standard InChI is InChI=1S/C27H25ClN4O/c28-24-9-2-6-21(16-24)25-10-3-11-26(30-25)23-8-4-13-32(18-23)27(33)22-7-1-5-20(15-22)17-31-14-12-29-19-31/h1-3,5-7,9-12,14-16,19,23H,4,8,13,17-18H2. The summed E-state index contributed by atoms with van der Waals surface area (Å²) in [5.74, 6) is 0.300. The van der Waals surface area contributed by atoms with Gasteiger partial charge in [-0.1, -0.05) is 41.9 Å². The fourth-order valence-corrected chi connectivity index (χ4v) is 4.66. The van der Waals surface area contributed by atoms with E-state index in [0.29, 0.717) is 18.1 Å². The molecule has 0 aliphatic carbocycles. The Kier molecular flexibility index (Phi) is 6.22. The molecule has 1 saturated heterocycles. The number of aromatic nitrogens is 3. The Hall–Kier alpha value is -3.44. The maximum atomic E-state index is 13.3. The Morgan fingerprint density at radius 1 is 1.06 bits per heavy atom. The molecule has 2 aromatic heterocycles. The van der Waals surface area contributed by atoms with Crippen molar-refractivity contribution in [1.82, 2.24) is 19.4 Å². The molecule has 6 heteroatoms. The van der Waals surface area contributed by atoms with Crippen molar-refractivity contribution in [2.24, 2.45) is 0 Å². The number of benzene rings is 2. The molecule has 1 fully saturated rings. The highest BCUT2D eigenvalue weighted by Gasteiger charge is 2.26. The van der Waals surface area contributed by atoms with Gasteiger partial charge in [-0.05, 0) is 54.8 Å². The smallest absolute Gasteiger partial charge is 0.253 e. The minimum Gasteiger partial charge on any atom is -0.338 e. The van der Waals surface area contributed by atoms with Crippen LogP contribution in [-0.4, -0.2) is 38.4 Å². The summed E-state index contributed by atoms with van der Waals surface area (Å²) in [6, 6.07) is 21.8. The minimum atomic E-state index is 0.0816. The van der Waals surface area contributed by atoms with E-state index in [9.17, 15) is 4.79 Å². The summed E-state index contributed by atoms with van der Waals surface area (Å²) in [6.45, 7) is 2.15. The van der Waals surface area contributed by atoms with E-state index >= 15 is 0 Å². The number of piperidine rings is 1. The van der Waals surface area contributed by atoms with Gasteiger partial charge in [-0.3, -0.25) is 9.78 Å². The van der Waals surface area contributed by atoms with Crippen LogP contribution in [-0.2, 0) is 6.54 Å². The molecule has 5 nitrogen and oxygen atoms in total. The van der Waals surface area contributed by atoms with Crippen molar-refractivity contribution in [3.05, 3.63) is 107 Å². The van der Waals surface area contributed by atoms with Gasteiger partial charge in [-0.25, -0.2) is 4.98 Å². The molecule has 1 atom stereocenters. The third-order valence-corrected chi connectivity index (χ3v) is 6.35. The summed E-state index contributed by atoms with van der Waals surface area (Å²) in [6.07, 6.45) is 7.46. The second-order valence-corrected chi connectivity index (χ2v) is 8.92. The molecular weight excluding hydrogens is 432 g/mol. The van der Waals surface area contributed by atoms with Crippen LogP contribution in [0.1, 0.15) is 40.4 Å². The fourth-order valence-electron chi connectivity index (χ4n) is 4.47. The van der Waals surface area contributed by atoms with E-state index < -0.39 is 0 Å². The Bertz CT molecular complexity index is 1250. The van der Waals surface area contributed by atoms with Crippen LogP contribution in [0.2, 0.25) is 5.02 Å². The predicted molar refractivity (Wildman–Crippen MR) is 130 cm³/mol. The highest BCUT2D eigenvalue weighted by Crippen LogP contribution is 2.29. The normalized spacial score (nSPS) is 16.0. The van der Waals surface area contributed by atoms with Gasteiger partial charge in [0.25, 0.3) is 5.91 Å². The Morgan fingerprint density at radius 3 is 2.79 bits per heavy atom. The monoisotopic (exact) mass is 456 g/mol. The maximum absolute atomic E-state index is 13.3. The van der Waals surface area contributed by atoms with Gasteiger partial charge in [0, 0.05) is 59.8 Å². The van der Waals surface area contributed by atoms with Crippen molar-refractivity contribution in [3.8, 4) is 11.3 Å². The van der Waals surface area contributed by atoms with Gasteiger partial charge in [0.15, 0.2) is 0 Å². The van der Waals surface area contributed by atoms with Gasteiger partial charge in [0.1, 0.15) is 0 Å². The molecule has 4 aromatic rings. The molecule has 5 rings (SSSR count). The first-order valence-electron chi connectivity index (χ1n) is 11.2. The summed E-state index contributed by atoms with van der Waals surface area (Å²) in [5, 5.41) is 0.699. The summed E-state index contributed by atoms with van der Waals surface area (Å²) in [7, 11) is 0. The van der Waals surface area contributed by atoms with E-state index in [2.05, 4.69) is 11.1 Å². The molecule has 1 aliphatic heterocycles. The van der Waals surface area contributed by atoms with Crippen LogP contribution in [0.15, 0.2) is 85.5 Å². The number of rotatable bonds is 5. The Labute approximate surface area is 198 Å². The minimum absolute atomic E-state index is 0.0816. The molecule has 2 aromatic carbocycles. The van der Waals surface area contributed by atoms with Crippen LogP contribution < -0.4 is 0 Å². The molecule has 3 heterocycles. The SMILES string of the molecule is O=C(c1cccc(Cn2ccnc2)c1)N1CCCC(c2cccc(-c3cccc(Cl)c3)n2)C1. The molecule has 1 aliphatic rings. The van der Waals surface area contributed by atoms with Crippen molar-refractivity contribution in [3.63, 3.8) is 0 Å². The van der Waals surface area contributed by atoms with E-state index in [-0.39, 0.29) is 11.8 Å². The first kappa shape index (κ1) is 21.4. The average molecular weight is 457 g/mol. The molecule has 33 heavy (non-hydrogen) atoms. The number of nitrogens with zero attached hydrogens (tertiary/aromatic N) is 4. The van der Waals surface area contributed by atoms with E-state index in [4.69, 9.17) is 16.6 Å². The van der Waals surface area contributed by atoms with E-state index in [0.717, 1.165) is 47.5 Å². The van der Waals surface area contributed by atoms with Crippen molar-refractivity contribution < 1.29 is 4.79 Å². The topological polar surface area (TPSA) is 51.0 Å². The summed E-state index contributed by atoms with van der Waals surface area (Å²) < 4.78 is 2.00. The molecule has 0 saturated carbocycles. The highest BCUT2D eigenvalue weighted by atomic mass is 35.5. The number of pyridine rings is 1. The zero-order valence-corrected chi connectivity index (χ0v) is 19.0. The molecular formula is C27H25ClN4O. The second-order valence-electron chi connectivity index (χ2n) is 8.48. The van der Waals surface area contributed by atoms with E-state index in [1.807, 2.05) is 76.3 Å². The van der Waals surface area contributed by atoms with Gasteiger partial charge >= 0.3 is 0 Å². The largest absolute Gasteiger partial charge is 0.338 e. The molecule has 0 N–H and O–H groups in total. The quantitative estimate of drug-likeness (QED) is 0.389. The van der Waals surface area contributed by atoms with Gasteiger partial charge in [0.05, 0.1) is 12.0 Å². The molecule has 0 radical (unpaired) electrons. The zero-order chi connectivity index (χ0) is 22.6. The van der Waals surface area contributed by atoms with Gasteiger partial charge < -0.3 is 9.47 Å². The molecule has 1 unspecified atom stereocenters.